The molecule has 116 valence electrons. The van der Waals surface area contributed by atoms with Gasteiger partial charge in [0.15, 0.2) is 0 Å². The van der Waals surface area contributed by atoms with Gasteiger partial charge in [-0.1, -0.05) is 6.92 Å². The van der Waals surface area contributed by atoms with Crippen molar-refractivity contribution in [3.63, 3.8) is 0 Å². The van der Waals surface area contributed by atoms with Gasteiger partial charge in [-0.3, -0.25) is 9.59 Å². The van der Waals surface area contributed by atoms with Gasteiger partial charge in [0, 0.05) is 19.2 Å². The number of ether oxygens (including phenoxy) is 1. The number of hydrogen-bond acceptors (Lipinski definition) is 4. The number of hydrogen-bond donors (Lipinski definition) is 1. The van der Waals surface area contributed by atoms with E-state index in [0.29, 0.717) is 12.2 Å². The number of carbonyl (C=O) groups is 1. The van der Waals surface area contributed by atoms with E-state index in [1.54, 1.807) is 7.11 Å². The van der Waals surface area contributed by atoms with Crippen LogP contribution in [0.15, 0.2) is 35.1 Å². The van der Waals surface area contributed by atoms with Gasteiger partial charge in [-0.25, -0.2) is 4.68 Å². The number of nitrogens with zero attached hydrogens (tertiary/aromatic N) is 2. The average Bonchev–Trinajstić information content (AvgIpc) is 2.56. The summed E-state index contributed by atoms with van der Waals surface area (Å²) in [4.78, 5) is 24.2. The second kappa shape index (κ2) is 6.89. The van der Waals surface area contributed by atoms with Gasteiger partial charge in [-0.15, -0.1) is 0 Å². The van der Waals surface area contributed by atoms with Crippen molar-refractivity contribution in [3.8, 4) is 17.0 Å². The summed E-state index contributed by atoms with van der Waals surface area (Å²) in [5, 5.41) is 6.84. The Morgan fingerprint density at radius 3 is 2.55 bits per heavy atom. The second-order valence-corrected chi connectivity index (χ2v) is 4.78. The molecule has 1 aromatic heterocycles. The lowest BCUT2D eigenvalue weighted by Crippen LogP contribution is -2.33. The Balaban J connectivity index is 2.56. The monoisotopic (exact) mass is 301 g/mol. The molecule has 6 nitrogen and oxygen atoms in total. The zero-order valence-electron chi connectivity index (χ0n) is 12.9. The molecule has 0 aliphatic heterocycles. The van der Waals surface area contributed by atoms with E-state index in [0.717, 1.165) is 17.7 Å². The Hall–Kier alpha value is -2.63. The van der Waals surface area contributed by atoms with Crippen LogP contribution in [-0.4, -0.2) is 29.8 Å². The molecule has 0 atom stereocenters. The molecular weight excluding hydrogens is 282 g/mol. The van der Waals surface area contributed by atoms with Crippen molar-refractivity contribution in [1.29, 1.82) is 0 Å². The predicted octanol–water partition coefficient (Wildman–Crippen LogP) is 1.69. The first-order valence-electron chi connectivity index (χ1n) is 7.09. The van der Waals surface area contributed by atoms with Crippen LogP contribution in [0.5, 0.6) is 5.75 Å². The van der Waals surface area contributed by atoms with Gasteiger partial charge in [0.1, 0.15) is 11.3 Å². The maximum atomic E-state index is 12.3. The number of aryl methyl sites for hydroxylation is 1. The molecule has 0 saturated heterocycles. The molecule has 0 saturated carbocycles. The van der Waals surface area contributed by atoms with E-state index in [4.69, 9.17) is 4.74 Å². The number of nitrogens with one attached hydrogen (secondary N) is 1. The van der Waals surface area contributed by atoms with Crippen LogP contribution in [-0.2, 0) is 6.54 Å². The minimum absolute atomic E-state index is 0.0942. The van der Waals surface area contributed by atoms with Crippen molar-refractivity contribution in [2.24, 2.45) is 0 Å². The lowest BCUT2D eigenvalue weighted by molar-refractivity contribution is 0.0960. The van der Waals surface area contributed by atoms with Gasteiger partial charge in [-0.05, 0) is 36.8 Å². The molecule has 0 fully saturated rings. The fraction of sp³-hybridized carbons (Fsp3) is 0.312. The van der Waals surface area contributed by atoms with Crippen molar-refractivity contribution in [1.82, 2.24) is 15.1 Å². The lowest BCUT2D eigenvalue weighted by atomic mass is 10.1. The first kappa shape index (κ1) is 15.8. The summed E-state index contributed by atoms with van der Waals surface area (Å²) in [6, 6.07) is 8.83. The number of rotatable bonds is 5. The summed E-state index contributed by atoms with van der Waals surface area (Å²) in [5.74, 6) is 0.323. The Bertz CT molecular complexity index is 720. The molecule has 2 aromatic rings. The number of methoxy groups -OCH3 is 1. The molecule has 0 unspecified atom stereocenters. The normalized spacial score (nSPS) is 10.3. The average molecular weight is 301 g/mol. The maximum absolute atomic E-state index is 12.3. The van der Waals surface area contributed by atoms with E-state index >= 15 is 0 Å². The van der Waals surface area contributed by atoms with Crippen LogP contribution in [0.25, 0.3) is 11.3 Å². The summed E-state index contributed by atoms with van der Waals surface area (Å²) < 4.78 is 6.46. The molecular formula is C16H19N3O3. The SMILES string of the molecule is CCCn1nc(-c2ccc(OC)cc2)cc(C(=O)NC)c1=O. The molecule has 0 aliphatic rings. The Morgan fingerprint density at radius 2 is 2.00 bits per heavy atom. The number of carbonyl (C=O) groups excluding carboxylic acids is 1. The second-order valence-electron chi connectivity index (χ2n) is 4.78. The Morgan fingerprint density at radius 1 is 1.32 bits per heavy atom. The van der Waals surface area contributed by atoms with E-state index in [-0.39, 0.29) is 11.1 Å². The molecule has 1 aromatic carbocycles. The van der Waals surface area contributed by atoms with Crippen LogP contribution in [0.2, 0.25) is 0 Å². The molecule has 1 N–H and O–H groups in total. The fourth-order valence-corrected chi connectivity index (χ4v) is 2.11. The highest BCUT2D eigenvalue weighted by Gasteiger charge is 2.15. The number of aromatic nitrogens is 2. The molecule has 1 heterocycles. The van der Waals surface area contributed by atoms with Gasteiger partial charge in [0.2, 0.25) is 0 Å². The third kappa shape index (κ3) is 3.16. The van der Waals surface area contributed by atoms with Gasteiger partial charge in [0.05, 0.1) is 12.8 Å². The van der Waals surface area contributed by atoms with E-state index < -0.39 is 5.91 Å². The Labute approximate surface area is 128 Å². The van der Waals surface area contributed by atoms with E-state index in [1.807, 2.05) is 31.2 Å². The highest BCUT2D eigenvalue weighted by atomic mass is 16.5. The van der Waals surface area contributed by atoms with Crippen LogP contribution < -0.4 is 15.6 Å². The molecule has 0 bridgehead atoms. The van der Waals surface area contributed by atoms with Crippen molar-refractivity contribution in [2.45, 2.75) is 19.9 Å². The predicted molar refractivity (Wildman–Crippen MR) is 84.2 cm³/mol. The van der Waals surface area contributed by atoms with Crippen molar-refractivity contribution in [2.75, 3.05) is 14.2 Å². The van der Waals surface area contributed by atoms with E-state index in [9.17, 15) is 9.59 Å². The largest absolute Gasteiger partial charge is 0.497 e. The zero-order chi connectivity index (χ0) is 16.1. The zero-order valence-corrected chi connectivity index (χ0v) is 12.9. The highest BCUT2D eigenvalue weighted by Crippen LogP contribution is 2.20. The minimum atomic E-state index is -0.410. The third-order valence-corrected chi connectivity index (χ3v) is 3.27. The topological polar surface area (TPSA) is 73.2 Å². The maximum Gasteiger partial charge on any atom is 0.279 e. The quantitative estimate of drug-likeness (QED) is 0.912. The summed E-state index contributed by atoms with van der Waals surface area (Å²) in [6.45, 7) is 2.42. The van der Waals surface area contributed by atoms with Crippen LogP contribution in [0.4, 0.5) is 0 Å². The van der Waals surface area contributed by atoms with Crippen molar-refractivity contribution >= 4 is 5.91 Å². The smallest absolute Gasteiger partial charge is 0.279 e. The minimum Gasteiger partial charge on any atom is -0.497 e. The van der Waals surface area contributed by atoms with Crippen molar-refractivity contribution < 1.29 is 9.53 Å². The van der Waals surface area contributed by atoms with Gasteiger partial charge >= 0.3 is 0 Å². The summed E-state index contributed by atoms with van der Waals surface area (Å²) in [7, 11) is 3.10. The van der Waals surface area contributed by atoms with Gasteiger partial charge in [0.25, 0.3) is 11.5 Å². The fourth-order valence-electron chi connectivity index (χ4n) is 2.11. The molecule has 6 heteroatoms. The van der Waals surface area contributed by atoms with Gasteiger partial charge in [-0.2, -0.15) is 5.10 Å². The lowest BCUT2D eigenvalue weighted by Gasteiger charge is -2.10. The third-order valence-electron chi connectivity index (χ3n) is 3.27. The molecule has 22 heavy (non-hydrogen) atoms. The molecule has 2 rings (SSSR count). The van der Waals surface area contributed by atoms with E-state index in [1.165, 1.54) is 17.8 Å². The van der Waals surface area contributed by atoms with Crippen LogP contribution in [0, 0.1) is 0 Å². The van der Waals surface area contributed by atoms with Gasteiger partial charge < -0.3 is 10.1 Å². The highest BCUT2D eigenvalue weighted by molar-refractivity contribution is 5.94. The summed E-state index contributed by atoms with van der Waals surface area (Å²) in [5.41, 5.74) is 1.11. The standard InChI is InChI=1S/C16H19N3O3/c1-4-9-19-16(21)13(15(20)17-2)10-14(18-19)11-5-7-12(22-3)8-6-11/h5-8,10H,4,9H2,1-3H3,(H,17,20). The van der Waals surface area contributed by atoms with Crippen molar-refractivity contribution in [3.05, 3.63) is 46.2 Å². The molecule has 1 amide bonds. The number of benzene rings is 1. The summed E-state index contributed by atoms with van der Waals surface area (Å²) in [6.07, 6.45) is 0.756. The Kier molecular flexibility index (Phi) is 4.93. The van der Waals surface area contributed by atoms with Crippen LogP contribution >= 0.6 is 0 Å². The molecule has 0 spiro atoms. The first-order chi connectivity index (χ1) is 10.6. The first-order valence-corrected chi connectivity index (χ1v) is 7.09. The molecule has 0 radical (unpaired) electrons. The van der Waals surface area contributed by atoms with E-state index in [2.05, 4.69) is 10.4 Å². The molecule has 0 aliphatic carbocycles. The van der Waals surface area contributed by atoms with Crippen LogP contribution in [0.3, 0.4) is 0 Å². The van der Waals surface area contributed by atoms with Crippen LogP contribution in [0.1, 0.15) is 23.7 Å². The number of amides is 1. The summed E-state index contributed by atoms with van der Waals surface area (Å²) >= 11 is 0.